The van der Waals surface area contributed by atoms with E-state index in [0.717, 1.165) is 18.4 Å². The molecule has 0 spiro atoms. The van der Waals surface area contributed by atoms with Gasteiger partial charge in [-0.25, -0.2) is 4.79 Å². The molecule has 0 aliphatic heterocycles. The third kappa shape index (κ3) is 4.06. The molecule has 1 aromatic carbocycles. The lowest BCUT2D eigenvalue weighted by Gasteiger charge is -2.13. The lowest BCUT2D eigenvalue weighted by molar-refractivity contribution is -0.129. The van der Waals surface area contributed by atoms with Gasteiger partial charge in [-0.1, -0.05) is 12.1 Å². The van der Waals surface area contributed by atoms with Crippen LogP contribution in [0.2, 0.25) is 0 Å². The predicted octanol–water partition coefficient (Wildman–Crippen LogP) is 1.66. The molecule has 5 nitrogen and oxygen atoms in total. The highest BCUT2D eigenvalue weighted by Gasteiger charge is 2.27. The number of esters is 1. The topological polar surface area (TPSA) is 64.6 Å². The van der Waals surface area contributed by atoms with Gasteiger partial charge in [0.1, 0.15) is 0 Å². The third-order valence-electron chi connectivity index (χ3n) is 3.05. The average Bonchev–Trinajstić information content (AvgIpc) is 3.23. The Hall–Kier alpha value is -1.88. The highest BCUT2D eigenvalue weighted by Crippen LogP contribution is 2.19. The Balaban J connectivity index is 1.92. The van der Waals surface area contributed by atoms with Crippen LogP contribution in [0.5, 0.6) is 0 Å². The van der Waals surface area contributed by atoms with Gasteiger partial charge < -0.3 is 14.8 Å². The third-order valence-corrected chi connectivity index (χ3v) is 3.05. The van der Waals surface area contributed by atoms with Crippen LogP contribution < -0.4 is 5.32 Å². The minimum Gasteiger partial charge on any atom is -0.449 e. The van der Waals surface area contributed by atoms with Gasteiger partial charge in [0.05, 0.1) is 12.2 Å². The van der Waals surface area contributed by atoms with E-state index < -0.39 is 12.1 Å². The van der Waals surface area contributed by atoms with Crippen LogP contribution in [0, 0.1) is 0 Å². The summed E-state index contributed by atoms with van der Waals surface area (Å²) in [6.07, 6.45) is 1.23. The van der Waals surface area contributed by atoms with Gasteiger partial charge >= 0.3 is 5.97 Å². The quantitative estimate of drug-likeness (QED) is 0.803. The Morgan fingerprint density at radius 3 is 2.80 bits per heavy atom. The maximum atomic E-state index is 12.0. The van der Waals surface area contributed by atoms with Gasteiger partial charge in [0.25, 0.3) is 5.91 Å². The van der Waals surface area contributed by atoms with Crippen molar-refractivity contribution >= 4 is 11.9 Å². The van der Waals surface area contributed by atoms with E-state index >= 15 is 0 Å². The summed E-state index contributed by atoms with van der Waals surface area (Å²) in [6.45, 7) is 2.01. The molecule has 0 heterocycles. The molecule has 1 aliphatic rings. The minimum atomic E-state index is -0.783. The number of carbonyl (C=O) groups excluding carboxylic acids is 2. The summed E-state index contributed by atoms with van der Waals surface area (Å²) in [5, 5.41) is 2.81. The molecule has 0 bridgehead atoms. The van der Waals surface area contributed by atoms with E-state index in [-0.39, 0.29) is 11.9 Å². The summed E-state index contributed by atoms with van der Waals surface area (Å²) in [4.78, 5) is 23.7. The van der Waals surface area contributed by atoms with Crippen LogP contribution in [0.25, 0.3) is 0 Å². The van der Waals surface area contributed by atoms with Gasteiger partial charge in [-0.3, -0.25) is 4.79 Å². The number of benzene rings is 1. The van der Waals surface area contributed by atoms with Crippen molar-refractivity contribution in [3.63, 3.8) is 0 Å². The molecule has 20 heavy (non-hydrogen) atoms. The number of hydrogen-bond donors (Lipinski definition) is 1. The molecule has 1 saturated carbocycles. The number of ether oxygens (including phenoxy) is 2. The highest BCUT2D eigenvalue weighted by atomic mass is 16.5. The van der Waals surface area contributed by atoms with Crippen molar-refractivity contribution in [2.75, 3.05) is 7.11 Å². The van der Waals surface area contributed by atoms with Crippen LogP contribution in [0.1, 0.15) is 35.7 Å². The van der Waals surface area contributed by atoms with E-state index in [4.69, 9.17) is 9.47 Å². The van der Waals surface area contributed by atoms with Crippen molar-refractivity contribution in [3.05, 3.63) is 35.4 Å². The number of carbonyl (C=O) groups is 2. The summed E-state index contributed by atoms with van der Waals surface area (Å²) >= 11 is 0. The van der Waals surface area contributed by atoms with E-state index in [0.29, 0.717) is 12.2 Å². The molecule has 0 aromatic heterocycles. The van der Waals surface area contributed by atoms with Crippen molar-refractivity contribution in [2.24, 2.45) is 0 Å². The summed E-state index contributed by atoms with van der Waals surface area (Å²) in [7, 11) is 1.59. The molecule has 1 N–H and O–H groups in total. The van der Waals surface area contributed by atoms with Gasteiger partial charge in [-0.2, -0.15) is 0 Å². The zero-order valence-corrected chi connectivity index (χ0v) is 11.7. The summed E-state index contributed by atoms with van der Waals surface area (Å²) < 4.78 is 10.2. The van der Waals surface area contributed by atoms with Crippen LogP contribution in [0.15, 0.2) is 24.3 Å². The molecule has 0 radical (unpaired) electrons. The Kier molecular flexibility index (Phi) is 4.74. The van der Waals surface area contributed by atoms with Crippen LogP contribution in [-0.2, 0) is 20.9 Å². The lowest BCUT2D eigenvalue weighted by Crippen LogP contribution is -2.37. The fourth-order valence-corrected chi connectivity index (χ4v) is 1.78. The van der Waals surface area contributed by atoms with Crippen LogP contribution >= 0.6 is 0 Å². The molecular weight excluding hydrogens is 258 g/mol. The van der Waals surface area contributed by atoms with E-state index in [1.54, 1.807) is 32.2 Å². The Labute approximate surface area is 118 Å². The molecule has 2 rings (SSSR count). The van der Waals surface area contributed by atoms with Crippen molar-refractivity contribution in [1.29, 1.82) is 0 Å². The number of nitrogens with one attached hydrogen (secondary N) is 1. The first-order valence-corrected chi connectivity index (χ1v) is 6.69. The van der Waals surface area contributed by atoms with Crippen molar-refractivity contribution < 1.29 is 19.1 Å². The molecule has 1 unspecified atom stereocenters. The number of hydrogen-bond acceptors (Lipinski definition) is 4. The fraction of sp³-hybridized carbons (Fsp3) is 0.467. The second-order valence-electron chi connectivity index (χ2n) is 4.96. The molecule has 1 fully saturated rings. The minimum absolute atomic E-state index is 0.242. The molecule has 0 saturated heterocycles. The monoisotopic (exact) mass is 277 g/mol. The predicted molar refractivity (Wildman–Crippen MR) is 73.2 cm³/mol. The van der Waals surface area contributed by atoms with Crippen LogP contribution in [0.4, 0.5) is 0 Å². The zero-order chi connectivity index (χ0) is 14.5. The Bertz CT molecular complexity index is 496. The largest absolute Gasteiger partial charge is 0.449 e. The van der Waals surface area contributed by atoms with Gasteiger partial charge in [0.15, 0.2) is 6.10 Å². The maximum absolute atomic E-state index is 12.0. The van der Waals surface area contributed by atoms with E-state index in [9.17, 15) is 9.59 Å². The highest BCUT2D eigenvalue weighted by molar-refractivity contribution is 5.92. The summed E-state index contributed by atoms with van der Waals surface area (Å²) in [5.41, 5.74) is 1.31. The van der Waals surface area contributed by atoms with E-state index in [2.05, 4.69) is 5.32 Å². The smallest absolute Gasteiger partial charge is 0.338 e. The maximum Gasteiger partial charge on any atom is 0.338 e. The molecule has 5 heteroatoms. The molecular formula is C15H19NO4. The normalized spacial score (nSPS) is 15.5. The summed E-state index contributed by atoms with van der Waals surface area (Å²) in [5.74, 6) is -0.740. The Morgan fingerprint density at radius 2 is 2.15 bits per heavy atom. The SMILES string of the molecule is COCc1cccc(C(=O)OC(C)C(=O)NC2CC2)c1. The van der Waals surface area contributed by atoms with Gasteiger partial charge in [0, 0.05) is 13.2 Å². The number of methoxy groups -OCH3 is 1. The first kappa shape index (κ1) is 14.5. The first-order chi connectivity index (χ1) is 9.60. The summed E-state index contributed by atoms with van der Waals surface area (Å²) in [6, 6.07) is 7.25. The average molecular weight is 277 g/mol. The zero-order valence-electron chi connectivity index (χ0n) is 11.7. The first-order valence-electron chi connectivity index (χ1n) is 6.69. The lowest BCUT2D eigenvalue weighted by atomic mass is 10.1. The van der Waals surface area contributed by atoms with Crippen LogP contribution in [0.3, 0.4) is 0 Å². The van der Waals surface area contributed by atoms with Crippen molar-refractivity contribution in [1.82, 2.24) is 5.32 Å². The fourth-order valence-electron chi connectivity index (χ4n) is 1.78. The van der Waals surface area contributed by atoms with Gasteiger partial charge in [-0.15, -0.1) is 0 Å². The second kappa shape index (κ2) is 6.52. The van der Waals surface area contributed by atoms with Gasteiger partial charge in [0.2, 0.25) is 0 Å². The van der Waals surface area contributed by atoms with Crippen molar-refractivity contribution in [3.8, 4) is 0 Å². The van der Waals surface area contributed by atoms with Crippen LogP contribution in [-0.4, -0.2) is 31.1 Å². The Morgan fingerprint density at radius 1 is 1.40 bits per heavy atom. The number of rotatable bonds is 6. The second-order valence-corrected chi connectivity index (χ2v) is 4.96. The van der Waals surface area contributed by atoms with E-state index in [1.807, 2.05) is 6.07 Å². The van der Waals surface area contributed by atoms with Crippen molar-refractivity contribution in [2.45, 2.75) is 38.5 Å². The molecule has 1 amide bonds. The molecule has 1 atom stereocenters. The van der Waals surface area contributed by atoms with Gasteiger partial charge in [-0.05, 0) is 37.5 Å². The number of amides is 1. The molecule has 1 aliphatic carbocycles. The van der Waals surface area contributed by atoms with E-state index in [1.165, 1.54) is 0 Å². The standard InChI is InChI=1S/C15H19NO4/c1-10(14(17)16-13-6-7-13)20-15(18)12-5-3-4-11(8-12)9-19-2/h3-5,8,10,13H,6-7,9H2,1-2H3,(H,16,17). The molecule has 108 valence electrons. The molecule has 1 aromatic rings.